The van der Waals surface area contributed by atoms with E-state index in [-0.39, 0.29) is 0 Å². The van der Waals surface area contributed by atoms with Crippen molar-refractivity contribution >= 4 is 0 Å². The van der Waals surface area contributed by atoms with Gasteiger partial charge in [-0.1, -0.05) is 115 Å². The molecule has 0 aliphatic heterocycles. The molecule has 0 heterocycles. The van der Waals surface area contributed by atoms with Crippen molar-refractivity contribution in [1.82, 2.24) is 0 Å². The summed E-state index contributed by atoms with van der Waals surface area (Å²) in [5, 5.41) is 9.93. The maximum atomic E-state index is 9.93. The van der Waals surface area contributed by atoms with Crippen LogP contribution >= 0.6 is 0 Å². The number of rotatable bonds is 17. The molecular formula is C36H42O. The van der Waals surface area contributed by atoms with Crippen LogP contribution in [0.1, 0.15) is 123 Å². The molecule has 0 bridgehead atoms. The van der Waals surface area contributed by atoms with Gasteiger partial charge in [0.2, 0.25) is 0 Å². The quantitative estimate of drug-likeness (QED) is 0.171. The second-order valence-electron chi connectivity index (χ2n) is 8.75. The molecule has 0 rings (SSSR count). The summed E-state index contributed by atoms with van der Waals surface area (Å²) in [6.07, 6.45) is 21.6. The van der Waals surface area contributed by atoms with Crippen LogP contribution in [0.4, 0.5) is 0 Å². The fourth-order valence-electron chi connectivity index (χ4n) is 3.51. The molecule has 0 aromatic heterocycles. The number of hydrogen-bond donors (Lipinski definition) is 1. The van der Waals surface area contributed by atoms with E-state index >= 15 is 0 Å². The van der Waals surface area contributed by atoms with Crippen molar-refractivity contribution in [3.63, 3.8) is 0 Å². The lowest BCUT2D eigenvalue weighted by Crippen LogP contribution is -2.01. The Bertz CT molecular complexity index is 1090. The Kier molecular flexibility index (Phi) is 27.5. The molecule has 1 N–H and O–H groups in total. The van der Waals surface area contributed by atoms with E-state index in [0.717, 1.165) is 12.8 Å². The molecule has 0 fully saturated rings. The van der Waals surface area contributed by atoms with Gasteiger partial charge in [-0.2, -0.15) is 0 Å². The van der Waals surface area contributed by atoms with Gasteiger partial charge in [-0.25, -0.2) is 0 Å². The maximum Gasteiger partial charge on any atom is 0.115 e. The van der Waals surface area contributed by atoms with Crippen molar-refractivity contribution in [3.8, 4) is 94.7 Å². The molecule has 0 spiro atoms. The maximum absolute atomic E-state index is 9.93. The molecule has 1 heteroatoms. The summed E-state index contributed by atoms with van der Waals surface area (Å²) in [5.74, 6) is 41.4. The normalized spacial score (nSPS) is 8.95. The fraction of sp³-hybridized carbons (Fsp3) is 0.556. The molecule has 0 radical (unpaired) electrons. The largest absolute Gasteiger partial charge is 0.380 e. The van der Waals surface area contributed by atoms with Crippen LogP contribution in [-0.2, 0) is 0 Å². The Morgan fingerprint density at radius 2 is 0.703 bits per heavy atom. The summed E-state index contributed by atoms with van der Waals surface area (Å²) in [6.45, 7) is 3.99. The van der Waals surface area contributed by atoms with E-state index in [4.69, 9.17) is 0 Å². The number of unbranched alkanes of at least 4 members (excludes halogenated alkanes) is 15. The molecule has 0 aliphatic rings. The second-order valence-corrected chi connectivity index (χ2v) is 8.75. The molecule has 0 aromatic rings. The van der Waals surface area contributed by atoms with Gasteiger partial charge in [0, 0.05) is 0 Å². The summed E-state index contributed by atoms with van der Waals surface area (Å²) in [5.41, 5.74) is 0. The summed E-state index contributed by atoms with van der Waals surface area (Å²) >= 11 is 0. The third kappa shape index (κ3) is 30.4. The third-order valence-corrected chi connectivity index (χ3v) is 5.51. The molecule has 0 saturated heterocycles. The Hall–Kier alpha value is -3.56. The van der Waals surface area contributed by atoms with Crippen molar-refractivity contribution in [2.75, 3.05) is 0 Å². The van der Waals surface area contributed by atoms with E-state index in [0.29, 0.717) is 6.42 Å². The first kappa shape index (κ1) is 33.4. The van der Waals surface area contributed by atoms with Crippen molar-refractivity contribution < 1.29 is 5.11 Å². The fourth-order valence-corrected chi connectivity index (χ4v) is 3.51. The molecule has 0 saturated carbocycles. The lowest BCUT2D eigenvalue weighted by Gasteiger charge is -2.04. The van der Waals surface area contributed by atoms with E-state index in [9.17, 15) is 5.11 Å². The van der Waals surface area contributed by atoms with Gasteiger partial charge in [0.15, 0.2) is 0 Å². The van der Waals surface area contributed by atoms with Gasteiger partial charge < -0.3 is 5.11 Å². The van der Waals surface area contributed by atoms with Crippen LogP contribution in [0.15, 0.2) is 0 Å². The van der Waals surface area contributed by atoms with Crippen LogP contribution in [0.25, 0.3) is 0 Å². The Balaban J connectivity index is 3.69. The molecule has 0 aromatic carbocycles. The van der Waals surface area contributed by atoms with E-state index in [2.05, 4.69) is 102 Å². The highest BCUT2D eigenvalue weighted by Crippen LogP contribution is 2.14. The average Bonchev–Trinajstić information content (AvgIpc) is 2.90. The minimum Gasteiger partial charge on any atom is -0.380 e. The zero-order valence-corrected chi connectivity index (χ0v) is 23.0. The van der Waals surface area contributed by atoms with Crippen LogP contribution in [0, 0.1) is 94.7 Å². The van der Waals surface area contributed by atoms with E-state index in [1.54, 1.807) is 6.92 Å². The first-order chi connectivity index (χ1) is 18.3. The van der Waals surface area contributed by atoms with Gasteiger partial charge in [-0.05, 0) is 103 Å². The van der Waals surface area contributed by atoms with Crippen LogP contribution < -0.4 is 0 Å². The molecule has 1 atom stereocenters. The summed E-state index contributed by atoms with van der Waals surface area (Å²) < 4.78 is 0. The molecule has 0 amide bonds. The highest BCUT2D eigenvalue weighted by atomic mass is 16.3. The van der Waals surface area contributed by atoms with Crippen molar-refractivity contribution in [3.05, 3.63) is 0 Å². The molecule has 192 valence electrons. The van der Waals surface area contributed by atoms with Crippen molar-refractivity contribution in [2.24, 2.45) is 0 Å². The summed E-state index contributed by atoms with van der Waals surface area (Å²) in [4.78, 5) is 0. The van der Waals surface area contributed by atoms with Gasteiger partial charge >= 0.3 is 0 Å². The molecule has 0 aliphatic carbocycles. The van der Waals surface area contributed by atoms with E-state index < -0.39 is 6.10 Å². The molecular weight excluding hydrogens is 448 g/mol. The van der Waals surface area contributed by atoms with Crippen LogP contribution in [0.3, 0.4) is 0 Å². The van der Waals surface area contributed by atoms with Crippen LogP contribution in [0.2, 0.25) is 0 Å². The summed E-state index contributed by atoms with van der Waals surface area (Å²) in [7, 11) is 0. The minimum atomic E-state index is -0.621. The topological polar surface area (TPSA) is 20.2 Å². The number of hydrogen-bond acceptors (Lipinski definition) is 1. The highest BCUT2D eigenvalue weighted by Gasteiger charge is 1.99. The number of aliphatic hydroxyl groups is 1. The standard InChI is InChI=1S/C36H42O/c1-3-5-7-9-11-13-15-17-19-21-23-25-27-29-31-33-35-36(37)34-32-30-28-26-24-22-20-18-16-14-12-10-8-6-4-2/h36-37H,3,5,7,9,11,13,15,17,19,21,23,25,27,29,31,33,35H2,1-2H3. The van der Waals surface area contributed by atoms with Crippen molar-refractivity contribution in [2.45, 2.75) is 129 Å². The van der Waals surface area contributed by atoms with Gasteiger partial charge in [0.05, 0.1) is 0 Å². The van der Waals surface area contributed by atoms with Gasteiger partial charge in [0.25, 0.3) is 0 Å². The zero-order chi connectivity index (χ0) is 26.9. The zero-order valence-electron chi connectivity index (χ0n) is 23.0. The lowest BCUT2D eigenvalue weighted by atomic mass is 10.0. The predicted octanol–water partition coefficient (Wildman–Crippen LogP) is 7.05. The first-order valence-corrected chi connectivity index (χ1v) is 13.9. The van der Waals surface area contributed by atoms with Crippen LogP contribution in [0.5, 0.6) is 0 Å². The third-order valence-electron chi connectivity index (χ3n) is 5.51. The molecule has 1 nitrogen and oxygen atoms in total. The Labute approximate surface area is 228 Å². The molecule has 1 unspecified atom stereocenters. The average molecular weight is 491 g/mol. The molecule has 37 heavy (non-hydrogen) atoms. The monoisotopic (exact) mass is 490 g/mol. The number of aliphatic hydroxyl groups excluding tert-OH is 1. The minimum absolute atomic E-state index is 0.621. The first-order valence-electron chi connectivity index (χ1n) is 13.9. The van der Waals surface area contributed by atoms with Gasteiger partial charge in [-0.15, -0.1) is 0 Å². The Morgan fingerprint density at radius 3 is 1.05 bits per heavy atom. The van der Waals surface area contributed by atoms with E-state index in [1.807, 2.05) is 0 Å². The second kappa shape index (κ2) is 30.5. The summed E-state index contributed by atoms with van der Waals surface area (Å²) in [6, 6.07) is 0. The SMILES string of the molecule is CC#CC#CC#CC#CC#CC#CC#CC#CC(O)CCCCCCCCCCCCCCCCCC. The Morgan fingerprint density at radius 1 is 0.405 bits per heavy atom. The van der Waals surface area contributed by atoms with E-state index in [1.165, 1.54) is 89.9 Å². The van der Waals surface area contributed by atoms with Gasteiger partial charge in [-0.3, -0.25) is 0 Å². The smallest absolute Gasteiger partial charge is 0.115 e. The van der Waals surface area contributed by atoms with Crippen molar-refractivity contribution in [1.29, 1.82) is 0 Å². The van der Waals surface area contributed by atoms with Gasteiger partial charge in [0.1, 0.15) is 6.10 Å². The van der Waals surface area contributed by atoms with Crippen LogP contribution in [-0.4, -0.2) is 11.2 Å². The highest BCUT2D eigenvalue weighted by molar-refractivity contribution is 5.45. The lowest BCUT2D eigenvalue weighted by molar-refractivity contribution is 0.217. The predicted molar refractivity (Wildman–Crippen MR) is 158 cm³/mol.